The van der Waals surface area contributed by atoms with Gasteiger partial charge in [-0.3, -0.25) is 4.90 Å². The van der Waals surface area contributed by atoms with E-state index in [9.17, 15) is 8.42 Å². The van der Waals surface area contributed by atoms with Gasteiger partial charge in [-0.15, -0.1) is 0 Å². The van der Waals surface area contributed by atoms with Crippen molar-refractivity contribution in [2.24, 2.45) is 0 Å². The summed E-state index contributed by atoms with van der Waals surface area (Å²) in [6.45, 7) is 4.48. The predicted molar refractivity (Wildman–Crippen MR) is 67.0 cm³/mol. The first-order valence-electron chi connectivity index (χ1n) is 5.04. The van der Waals surface area contributed by atoms with Crippen molar-refractivity contribution in [2.45, 2.75) is 30.6 Å². The maximum Gasteiger partial charge on any atom is 0.151 e. The van der Waals surface area contributed by atoms with Gasteiger partial charge in [0.1, 0.15) is 0 Å². The van der Waals surface area contributed by atoms with Gasteiger partial charge < -0.3 is 0 Å². The molecular formula is C10H18BrNO2S. The molecule has 1 saturated carbocycles. The summed E-state index contributed by atoms with van der Waals surface area (Å²) in [6, 6.07) is 0.147. The van der Waals surface area contributed by atoms with Crippen molar-refractivity contribution in [2.75, 3.05) is 19.8 Å². The second-order valence-corrected chi connectivity index (χ2v) is 7.68. The molecule has 0 N–H and O–H groups in total. The highest BCUT2D eigenvalue weighted by atomic mass is 79.9. The summed E-state index contributed by atoms with van der Waals surface area (Å²) in [7, 11) is -0.960. The number of rotatable bonds is 4. The molecule has 0 aromatic carbocycles. The van der Waals surface area contributed by atoms with Crippen molar-refractivity contribution in [3.63, 3.8) is 0 Å². The Balaban J connectivity index is 2.72. The van der Waals surface area contributed by atoms with Crippen LogP contribution in [0.3, 0.4) is 0 Å². The molecule has 1 aliphatic rings. The lowest BCUT2D eigenvalue weighted by Gasteiger charge is -2.28. The van der Waals surface area contributed by atoms with Crippen molar-refractivity contribution in [3.05, 3.63) is 11.1 Å². The van der Waals surface area contributed by atoms with E-state index >= 15 is 0 Å². The minimum absolute atomic E-state index is 0.147. The van der Waals surface area contributed by atoms with E-state index in [0.29, 0.717) is 6.54 Å². The van der Waals surface area contributed by atoms with Gasteiger partial charge in [-0.05, 0) is 19.9 Å². The van der Waals surface area contributed by atoms with Gasteiger partial charge in [0, 0.05) is 23.3 Å². The van der Waals surface area contributed by atoms with Crippen LogP contribution in [0.15, 0.2) is 11.1 Å². The Labute approximate surface area is 101 Å². The first-order chi connectivity index (χ1) is 6.82. The molecule has 0 aromatic rings. The summed E-state index contributed by atoms with van der Waals surface area (Å²) in [6.07, 6.45) is 4.10. The van der Waals surface area contributed by atoms with Gasteiger partial charge in [-0.25, -0.2) is 8.42 Å². The zero-order valence-corrected chi connectivity index (χ0v) is 11.6. The second-order valence-electron chi connectivity index (χ2n) is 4.30. The quantitative estimate of drug-likeness (QED) is 0.794. The lowest BCUT2D eigenvalue weighted by molar-refractivity contribution is 0.271. The van der Waals surface area contributed by atoms with Crippen LogP contribution < -0.4 is 0 Å². The molecule has 0 aromatic heterocycles. The van der Waals surface area contributed by atoms with E-state index in [1.165, 1.54) is 6.26 Å². The number of hydrogen-bond acceptors (Lipinski definition) is 3. The van der Waals surface area contributed by atoms with Crippen LogP contribution >= 0.6 is 15.9 Å². The minimum Gasteiger partial charge on any atom is -0.297 e. The van der Waals surface area contributed by atoms with Crippen molar-refractivity contribution >= 4 is 25.8 Å². The van der Waals surface area contributed by atoms with Crippen LogP contribution in [0.5, 0.6) is 0 Å². The monoisotopic (exact) mass is 295 g/mol. The van der Waals surface area contributed by atoms with Crippen molar-refractivity contribution in [1.82, 2.24) is 4.90 Å². The molecule has 0 saturated heterocycles. The third kappa shape index (κ3) is 3.57. The normalized spacial score (nSPS) is 27.2. The molecule has 15 heavy (non-hydrogen) atoms. The Morgan fingerprint density at radius 2 is 2.13 bits per heavy atom. The molecule has 2 atom stereocenters. The highest BCUT2D eigenvalue weighted by molar-refractivity contribution is 9.11. The average molecular weight is 296 g/mol. The average Bonchev–Trinajstić information content (AvgIpc) is 2.48. The van der Waals surface area contributed by atoms with Crippen LogP contribution in [-0.4, -0.2) is 44.5 Å². The Hall–Kier alpha value is 0.130. The third-order valence-electron chi connectivity index (χ3n) is 2.95. The van der Waals surface area contributed by atoms with Gasteiger partial charge in [-0.2, -0.15) is 0 Å². The maximum absolute atomic E-state index is 11.6. The van der Waals surface area contributed by atoms with Gasteiger partial charge in [0.05, 0.1) is 5.25 Å². The summed E-state index contributed by atoms with van der Waals surface area (Å²) >= 11 is 3.31. The molecule has 0 amide bonds. The SMILES string of the molecule is C=C(Br)CN(C)[C@@H]1CCC[C@H]1S(C)(=O)=O. The Morgan fingerprint density at radius 3 is 2.60 bits per heavy atom. The van der Waals surface area contributed by atoms with Gasteiger partial charge in [0.15, 0.2) is 9.84 Å². The zero-order valence-electron chi connectivity index (χ0n) is 9.24. The first-order valence-corrected chi connectivity index (χ1v) is 7.79. The molecule has 1 aliphatic carbocycles. The molecule has 1 rings (SSSR count). The predicted octanol–water partition coefficient (Wildman–Crippen LogP) is 1.79. The van der Waals surface area contributed by atoms with Crippen LogP contribution in [0.1, 0.15) is 19.3 Å². The van der Waals surface area contributed by atoms with Crippen molar-refractivity contribution in [3.8, 4) is 0 Å². The number of likely N-dealkylation sites (N-methyl/N-ethyl adjacent to an activating group) is 1. The molecule has 0 spiro atoms. The fourth-order valence-corrected chi connectivity index (χ4v) is 4.20. The Bertz CT molecular complexity index is 339. The minimum atomic E-state index is -2.92. The fourth-order valence-electron chi connectivity index (χ4n) is 2.30. The number of nitrogens with zero attached hydrogens (tertiary/aromatic N) is 1. The molecule has 0 radical (unpaired) electrons. The topological polar surface area (TPSA) is 37.4 Å². The van der Waals surface area contributed by atoms with E-state index in [2.05, 4.69) is 27.4 Å². The van der Waals surface area contributed by atoms with E-state index in [-0.39, 0.29) is 11.3 Å². The standard InChI is InChI=1S/C10H18BrNO2S/c1-8(11)7-12(2)9-5-4-6-10(9)15(3,13)14/h9-10H,1,4-7H2,2-3H3/t9-,10-/m1/s1. The highest BCUT2D eigenvalue weighted by Crippen LogP contribution is 2.29. The number of hydrogen-bond donors (Lipinski definition) is 0. The summed E-state index contributed by atoms with van der Waals surface area (Å²) in [4.78, 5) is 2.08. The number of halogens is 1. The maximum atomic E-state index is 11.6. The van der Waals surface area contributed by atoms with Crippen molar-refractivity contribution in [1.29, 1.82) is 0 Å². The molecular weight excluding hydrogens is 278 g/mol. The van der Waals surface area contributed by atoms with Crippen LogP contribution in [0.4, 0.5) is 0 Å². The summed E-state index contributed by atoms with van der Waals surface area (Å²) in [5, 5.41) is -0.200. The van der Waals surface area contributed by atoms with Gasteiger partial charge in [-0.1, -0.05) is 28.9 Å². The zero-order chi connectivity index (χ0) is 11.6. The Kier molecular flexibility index (Phi) is 4.38. The summed E-state index contributed by atoms with van der Waals surface area (Å²) < 4.78 is 24.0. The summed E-state index contributed by atoms with van der Waals surface area (Å²) in [5.74, 6) is 0. The molecule has 0 unspecified atom stereocenters. The molecule has 0 heterocycles. The molecule has 0 bridgehead atoms. The van der Waals surface area contributed by atoms with Crippen LogP contribution in [0, 0.1) is 0 Å². The van der Waals surface area contributed by atoms with E-state index in [1.54, 1.807) is 0 Å². The molecule has 3 nitrogen and oxygen atoms in total. The molecule has 1 fully saturated rings. The second kappa shape index (κ2) is 4.97. The van der Waals surface area contributed by atoms with Crippen molar-refractivity contribution < 1.29 is 8.42 Å². The first kappa shape index (κ1) is 13.2. The molecule has 0 aliphatic heterocycles. The number of sulfone groups is 1. The lowest BCUT2D eigenvalue weighted by Crippen LogP contribution is -2.41. The largest absolute Gasteiger partial charge is 0.297 e. The smallest absolute Gasteiger partial charge is 0.151 e. The lowest BCUT2D eigenvalue weighted by atomic mass is 10.2. The van der Waals surface area contributed by atoms with E-state index in [1.807, 2.05) is 7.05 Å². The van der Waals surface area contributed by atoms with E-state index < -0.39 is 9.84 Å². The van der Waals surface area contributed by atoms with Gasteiger partial charge >= 0.3 is 0 Å². The molecule has 88 valence electrons. The Morgan fingerprint density at radius 1 is 1.53 bits per heavy atom. The van der Waals surface area contributed by atoms with Crippen LogP contribution in [-0.2, 0) is 9.84 Å². The van der Waals surface area contributed by atoms with E-state index in [0.717, 1.165) is 23.7 Å². The van der Waals surface area contributed by atoms with Crippen LogP contribution in [0.2, 0.25) is 0 Å². The highest BCUT2D eigenvalue weighted by Gasteiger charge is 2.36. The summed E-state index contributed by atoms with van der Waals surface area (Å²) in [5.41, 5.74) is 0. The van der Waals surface area contributed by atoms with E-state index in [4.69, 9.17) is 0 Å². The van der Waals surface area contributed by atoms with Gasteiger partial charge in [0.25, 0.3) is 0 Å². The molecule has 5 heteroatoms. The third-order valence-corrected chi connectivity index (χ3v) is 4.86. The fraction of sp³-hybridized carbons (Fsp3) is 0.800. The van der Waals surface area contributed by atoms with Gasteiger partial charge in [0.2, 0.25) is 0 Å². The van der Waals surface area contributed by atoms with Crippen LogP contribution in [0.25, 0.3) is 0 Å².